The molecule has 21 heavy (non-hydrogen) atoms. The van der Waals surface area contributed by atoms with Crippen LogP contribution in [0.1, 0.15) is 30.3 Å². The summed E-state index contributed by atoms with van der Waals surface area (Å²) in [4.78, 5) is 5.55. The number of rotatable bonds is 4. The van der Waals surface area contributed by atoms with Gasteiger partial charge in [0.1, 0.15) is 4.90 Å². The summed E-state index contributed by atoms with van der Waals surface area (Å²) < 4.78 is 28.8. The van der Waals surface area contributed by atoms with Gasteiger partial charge in [-0.05, 0) is 32.6 Å². The monoisotopic (exact) mass is 327 g/mol. The molecule has 9 heteroatoms. The Morgan fingerprint density at radius 1 is 1.43 bits per heavy atom. The third kappa shape index (κ3) is 2.75. The van der Waals surface area contributed by atoms with E-state index >= 15 is 0 Å². The van der Waals surface area contributed by atoms with Gasteiger partial charge in [0, 0.05) is 17.6 Å². The number of fused-ring (bicyclic) bond motifs is 1. The summed E-state index contributed by atoms with van der Waals surface area (Å²) in [6.45, 7) is 2.43. The average molecular weight is 327 g/mol. The average Bonchev–Trinajstić information content (AvgIpc) is 3.00. The normalized spacial score (nSPS) is 14.9. The second-order valence-electron chi connectivity index (χ2n) is 4.94. The van der Waals surface area contributed by atoms with Gasteiger partial charge in [0.05, 0.1) is 5.69 Å². The van der Waals surface area contributed by atoms with Crippen molar-refractivity contribution >= 4 is 32.3 Å². The Bertz CT molecular complexity index is 739. The van der Waals surface area contributed by atoms with E-state index in [4.69, 9.17) is 5.73 Å². The molecule has 0 spiro atoms. The molecule has 7 nitrogen and oxygen atoms in total. The Hall–Kier alpha value is -1.61. The third-order valence-electron chi connectivity index (χ3n) is 3.44. The summed E-state index contributed by atoms with van der Waals surface area (Å²) >= 11 is 1.41. The van der Waals surface area contributed by atoms with E-state index in [-0.39, 0.29) is 10.7 Å². The summed E-state index contributed by atoms with van der Waals surface area (Å²) in [5, 5.41) is 4.37. The predicted octanol–water partition coefficient (Wildman–Crippen LogP) is 1.62. The quantitative estimate of drug-likeness (QED) is 0.888. The van der Waals surface area contributed by atoms with Crippen LogP contribution in [-0.4, -0.2) is 23.2 Å². The van der Waals surface area contributed by atoms with Crippen molar-refractivity contribution in [2.45, 2.75) is 44.0 Å². The van der Waals surface area contributed by atoms with E-state index in [9.17, 15) is 8.42 Å². The maximum Gasteiger partial charge on any atom is 0.268 e. The van der Waals surface area contributed by atoms with Crippen LogP contribution in [0.4, 0.5) is 10.9 Å². The van der Waals surface area contributed by atoms with E-state index in [2.05, 4.69) is 14.8 Å². The van der Waals surface area contributed by atoms with Gasteiger partial charge >= 0.3 is 0 Å². The number of hydrogen-bond acceptors (Lipinski definition) is 6. The largest absolute Gasteiger partial charge is 0.381 e. The number of nitrogens with two attached hydrogens (primary N) is 1. The molecule has 2 aromatic rings. The molecule has 0 unspecified atom stereocenters. The lowest BCUT2D eigenvalue weighted by atomic mass is 10.0. The highest BCUT2D eigenvalue weighted by molar-refractivity contribution is 7.93. The predicted molar refractivity (Wildman–Crippen MR) is 81.9 cm³/mol. The molecule has 2 heterocycles. The molecule has 1 aliphatic carbocycles. The second kappa shape index (κ2) is 5.30. The van der Waals surface area contributed by atoms with Gasteiger partial charge in [0.15, 0.2) is 10.9 Å². The molecule has 0 bridgehead atoms. The molecule has 0 aliphatic heterocycles. The van der Waals surface area contributed by atoms with Crippen molar-refractivity contribution in [3.8, 4) is 0 Å². The number of hydrogen-bond donors (Lipinski definition) is 2. The summed E-state index contributed by atoms with van der Waals surface area (Å²) in [7, 11) is -3.74. The van der Waals surface area contributed by atoms with E-state index in [1.807, 2.05) is 6.92 Å². The minimum absolute atomic E-state index is 0.00229. The molecule has 0 aromatic carbocycles. The van der Waals surface area contributed by atoms with Crippen LogP contribution in [0.25, 0.3) is 0 Å². The summed E-state index contributed by atoms with van der Waals surface area (Å²) in [5.41, 5.74) is 6.70. The van der Waals surface area contributed by atoms with Crippen LogP contribution in [0.5, 0.6) is 0 Å². The van der Waals surface area contributed by atoms with E-state index < -0.39 is 10.0 Å². The lowest BCUT2D eigenvalue weighted by Gasteiger charge is -2.06. The van der Waals surface area contributed by atoms with Gasteiger partial charge in [0.25, 0.3) is 10.0 Å². The van der Waals surface area contributed by atoms with Gasteiger partial charge < -0.3 is 5.73 Å². The van der Waals surface area contributed by atoms with Crippen LogP contribution in [0.3, 0.4) is 0 Å². The number of aromatic nitrogens is 3. The van der Waals surface area contributed by atoms with Crippen molar-refractivity contribution in [2.24, 2.45) is 0 Å². The lowest BCUT2D eigenvalue weighted by Crippen LogP contribution is -2.13. The zero-order valence-electron chi connectivity index (χ0n) is 11.7. The molecule has 3 N–H and O–H groups in total. The minimum atomic E-state index is -3.74. The Morgan fingerprint density at radius 3 is 2.86 bits per heavy atom. The molecule has 1 aliphatic rings. The van der Waals surface area contributed by atoms with E-state index in [1.165, 1.54) is 27.1 Å². The number of nitrogens with zero attached hydrogens (tertiary/aromatic N) is 3. The van der Waals surface area contributed by atoms with Crippen LogP contribution in [0, 0.1) is 0 Å². The zero-order chi connectivity index (χ0) is 15.0. The molecule has 0 atom stereocenters. The van der Waals surface area contributed by atoms with Crippen molar-refractivity contribution in [2.75, 3.05) is 10.5 Å². The van der Waals surface area contributed by atoms with Crippen LogP contribution in [0.2, 0.25) is 0 Å². The van der Waals surface area contributed by atoms with Gasteiger partial charge in [0.2, 0.25) is 0 Å². The molecular formula is C12H17N5O2S2. The number of nitrogen functional groups attached to an aromatic ring is 1. The van der Waals surface area contributed by atoms with Crippen LogP contribution >= 0.6 is 11.3 Å². The number of sulfonamides is 1. The first-order valence-electron chi connectivity index (χ1n) is 6.84. The molecule has 0 radical (unpaired) electrons. The van der Waals surface area contributed by atoms with Crippen LogP contribution in [-0.2, 0) is 29.4 Å². The first kappa shape index (κ1) is 14.3. The minimum Gasteiger partial charge on any atom is -0.381 e. The van der Waals surface area contributed by atoms with E-state index in [1.54, 1.807) is 0 Å². The fourth-order valence-electron chi connectivity index (χ4n) is 2.35. The Kier molecular flexibility index (Phi) is 3.62. The lowest BCUT2D eigenvalue weighted by molar-refractivity contribution is 0.600. The van der Waals surface area contributed by atoms with Crippen molar-refractivity contribution < 1.29 is 8.42 Å². The van der Waals surface area contributed by atoms with Gasteiger partial charge in [-0.15, -0.1) is 11.3 Å². The Labute approximate surface area is 127 Å². The maximum atomic E-state index is 12.4. The summed E-state index contributed by atoms with van der Waals surface area (Å²) in [6.07, 6.45) is 5.58. The molecule has 3 rings (SSSR count). The number of aryl methyl sites for hydroxylation is 3. The molecule has 2 aromatic heterocycles. The fraction of sp³-hybridized carbons (Fsp3) is 0.500. The Morgan fingerprint density at radius 2 is 2.19 bits per heavy atom. The molecular weight excluding hydrogens is 310 g/mol. The van der Waals surface area contributed by atoms with Crippen molar-refractivity contribution in [3.05, 3.63) is 16.8 Å². The van der Waals surface area contributed by atoms with Gasteiger partial charge in [-0.3, -0.25) is 9.40 Å². The molecule has 0 saturated heterocycles. The summed E-state index contributed by atoms with van der Waals surface area (Å²) in [5.74, 6) is 0.00525. The third-order valence-corrected chi connectivity index (χ3v) is 5.99. The highest BCUT2D eigenvalue weighted by Crippen LogP contribution is 2.31. The van der Waals surface area contributed by atoms with Crippen molar-refractivity contribution in [3.63, 3.8) is 0 Å². The number of thiazole rings is 1. The molecule has 114 valence electrons. The SMILES string of the molecule is CCn1cc(S(=O)(=O)Nc2nc3c(s2)CCCC3)c(N)n1. The second-order valence-corrected chi connectivity index (χ2v) is 7.67. The maximum absolute atomic E-state index is 12.4. The Balaban J connectivity index is 1.88. The molecule has 0 fully saturated rings. The topological polar surface area (TPSA) is 103 Å². The smallest absolute Gasteiger partial charge is 0.268 e. The fourth-order valence-corrected chi connectivity index (χ4v) is 4.71. The summed E-state index contributed by atoms with van der Waals surface area (Å²) in [6, 6.07) is 0. The van der Waals surface area contributed by atoms with Crippen molar-refractivity contribution in [1.82, 2.24) is 14.8 Å². The molecule has 0 saturated carbocycles. The number of nitrogens with one attached hydrogen (secondary N) is 1. The number of anilines is 2. The van der Waals surface area contributed by atoms with Crippen molar-refractivity contribution in [1.29, 1.82) is 0 Å². The highest BCUT2D eigenvalue weighted by Gasteiger charge is 2.24. The van der Waals surface area contributed by atoms with Gasteiger partial charge in [-0.1, -0.05) is 0 Å². The molecule has 0 amide bonds. The van der Waals surface area contributed by atoms with Crippen LogP contribution in [0.15, 0.2) is 11.1 Å². The van der Waals surface area contributed by atoms with E-state index in [0.29, 0.717) is 11.7 Å². The van der Waals surface area contributed by atoms with Gasteiger partial charge in [-0.2, -0.15) is 5.10 Å². The van der Waals surface area contributed by atoms with Gasteiger partial charge in [-0.25, -0.2) is 13.4 Å². The van der Waals surface area contributed by atoms with E-state index in [0.717, 1.165) is 31.4 Å². The highest BCUT2D eigenvalue weighted by atomic mass is 32.2. The van der Waals surface area contributed by atoms with Crippen LogP contribution < -0.4 is 10.5 Å². The first-order chi connectivity index (χ1) is 9.99. The standard InChI is InChI=1S/C12H17N5O2S2/c1-2-17-7-10(11(13)15-17)21(18,19)16-12-14-8-5-3-4-6-9(8)20-12/h7H,2-6H2,1H3,(H2,13,15)(H,14,16). The zero-order valence-corrected chi connectivity index (χ0v) is 13.3. The first-order valence-corrected chi connectivity index (χ1v) is 9.14.